The fourth-order valence-corrected chi connectivity index (χ4v) is 2.73. The minimum absolute atomic E-state index is 0.0272. The quantitative estimate of drug-likeness (QED) is 0.719. The molecule has 3 aromatic rings. The molecule has 2 aromatic carbocycles. The van der Waals surface area contributed by atoms with Crippen LogP contribution in [0.4, 0.5) is 0 Å². The number of amides is 1. The number of carbonyl (C=O) groups excluding carboxylic acids is 1. The van der Waals surface area contributed by atoms with Crippen molar-refractivity contribution in [3.05, 3.63) is 83.6 Å². The Hall–Kier alpha value is -2.95. The van der Waals surface area contributed by atoms with Gasteiger partial charge in [-0.2, -0.15) is 0 Å². The van der Waals surface area contributed by atoms with Gasteiger partial charge in [-0.3, -0.25) is 4.79 Å². The number of aromatic nitrogens is 2. The van der Waals surface area contributed by atoms with Crippen molar-refractivity contribution in [2.24, 2.45) is 0 Å². The molecule has 0 aliphatic carbocycles. The maximum atomic E-state index is 12.4. The lowest BCUT2D eigenvalue weighted by molar-refractivity contribution is -0.121. The second-order valence-electron chi connectivity index (χ2n) is 5.91. The van der Waals surface area contributed by atoms with Crippen LogP contribution < -0.4 is 5.32 Å². The van der Waals surface area contributed by atoms with Crippen LogP contribution in [0.1, 0.15) is 35.2 Å². The monoisotopic (exact) mass is 335 g/mol. The summed E-state index contributed by atoms with van der Waals surface area (Å²) in [7, 11) is 0. The molecule has 1 heterocycles. The number of hydrogen-bond donors (Lipinski definition) is 1. The summed E-state index contributed by atoms with van der Waals surface area (Å²) in [5.41, 5.74) is 2.19. The van der Waals surface area contributed by atoms with Crippen LogP contribution in [-0.2, 0) is 11.2 Å². The van der Waals surface area contributed by atoms with Gasteiger partial charge in [-0.1, -0.05) is 60.7 Å². The fourth-order valence-electron chi connectivity index (χ4n) is 2.73. The second-order valence-corrected chi connectivity index (χ2v) is 5.91. The van der Waals surface area contributed by atoms with E-state index in [1.165, 1.54) is 5.56 Å². The van der Waals surface area contributed by atoms with Crippen LogP contribution in [0.2, 0.25) is 0 Å². The number of aryl methyl sites for hydroxylation is 1. The predicted molar refractivity (Wildman–Crippen MR) is 95.1 cm³/mol. The highest BCUT2D eigenvalue weighted by molar-refractivity contribution is 5.77. The standard InChI is InChI=1S/C20H21N3O2/c1-15-22-23-20(25-15)18(17-10-6-3-7-11-17)14-19(24)21-13-12-16-8-4-2-5-9-16/h2-11,18H,12-14H2,1H3,(H,21,24). The normalized spacial score (nSPS) is 11.9. The van der Waals surface area contributed by atoms with Crippen LogP contribution in [0, 0.1) is 6.92 Å². The molecule has 1 N–H and O–H groups in total. The summed E-state index contributed by atoms with van der Waals surface area (Å²) in [5.74, 6) is 0.710. The maximum absolute atomic E-state index is 12.4. The van der Waals surface area contributed by atoms with E-state index < -0.39 is 0 Å². The summed E-state index contributed by atoms with van der Waals surface area (Å²) < 4.78 is 5.57. The third-order valence-corrected chi connectivity index (χ3v) is 4.01. The van der Waals surface area contributed by atoms with Crippen molar-refractivity contribution in [1.29, 1.82) is 0 Å². The van der Waals surface area contributed by atoms with E-state index in [4.69, 9.17) is 4.42 Å². The van der Waals surface area contributed by atoms with Crippen LogP contribution in [0.3, 0.4) is 0 Å². The van der Waals surface area contributed by atoms with E-state index in [1.54, 1.807) is 6.92 Å². The molecule has 1 amide bonds. The fraction of sp³-hybridized carbons (Fsp3) is 0.250. The topological polar surface area (TPSA) is 68.0 Å². The molecule has 1 atom stereocenters. The molecular weight excluding hydrogens is 314 g/mol. The van der Waals surface area contributed by atoms with Crippen molar-refractivity contribution >= 4 is 5.91 Å². The van der Waals surface area contributed by atoms with Crippen molar-refractivity contribution in [3.63, 3.8) is 0 Å². The van der Waals surface area contributed by atoms with Crippen LogP contribution >= 0.6 is 0 Å². The van der Waals surface area contributed by atoms with Gasteiger partial charge >= 0.3 is 0 Å². The van der Waals surface area contributed by atoms with E-state index in [2.05, 4.69) is 27.6 Å². The maximum Gasteiger partial charge on any atom is 0.224 e. The first-order valence-corrected chi connectivity index (χ1v) is 8.38. The molecular formula is C20H21N3O2. The van der Waals surface area contributed by atoms with E-state index >= 15 is 0 Å². The summed E-state index contributed by atoms with van der Waals surface area (Å²) in [6.07, 6.45) is 1.09. The second kappa shape index (κ2) is 8.24. The van der Waals surface area contributed by atoms with Crippen LogP contribution in [0.15, 0.2) is 65.1 Å². The molecule has 5 heteroatoms. The molecule has 0 saturated heterocycles. The molecule has 25 heavy (non-hydrogen) atoms. The summed E-state index contributed by atoms with van der Waals surface area (Å²) in [6.45, 7) is 2.35. The van der Waals surface area contributed by atoms with Gasteiger partial charge in [-0.05, 0) is 17.5 Å². The van der Waals surface area contributed by atoms with Crippen LogP contribution in [-0.4, -0.2) is 22.6 Å². The summed E-state index contributed by atoms with van der Waals surface area (Å²) in [4.78, 5) is 12.4. The molecule has 0 aliphatic rings. The van der Waals surface area contributed by atoms with E-state index in [0.717, 1.165) is 12.0 Å². The van der Waals surface area contributed by atoms with E-state index in [1.807, 2.05) is 48.5 Å². The predicted octanol–water partition coefficient (Wildman–Crippen LogP) is 3.26. The summed E-state index contributed by atoms with van der Waals surface area (Å²) >= 11 is 0. The molecule has 128 valence electrons. The zero-order chi connectivity index (χ0) is 17.5. The Morgan fingerprint density at radius 1 is 1.04 bits per heavy atom. The van der Waals surface area contributed by atoms with Gasteiger partial charge in [0.1, 0.15) is 0 Å². The number of nitrogens with one attached hydrogen (secondary N) is 1. The summed E-state index contributed by atoms with van der Waals surface area (Å²) in [6, 6.07) is 19.9. The first-order chi connectivity index (χ1) is 12.2. The molecule has 1 aromatic heterocycles. The lowest BCUT2D eigenvalue weighted by atomic mass is 9.95. The number of benzene rings is 2. The molecule has 1 unspecified atom stereocenters. The number of rotatable bonds is 7. The Morgan fingerprint density at radius 3 is 2.36 bits per heavy atom. The lowest BCUT2D eigenvalue weighted by Crippen LogP contribution is -2.27. The average Bonchev–Trinajstić information content (AvgIpc) is 3.07. The van der Waals surface area contributed by atoms with Crippen LogP contribution in [0.25, 0.3) is 0 Å². The Labute approximate surface area is 147 Å². The van der Waals surface area contributed by atoms with Gasteiger partial charge in [0.25, 0.3) is 0 Å². The first-order valence-electron chi connectivity index (χ1n) is 8.38. The third kappa shape index (κ3) is 4.76. The van der Waals surface area contributed by atoms with Gasteiger partial charge in [0.15, 0.2) is 0 Å². The average molecular weight is 335 g/mol. The zero-order valence-electron chi connectivity index (χ0n) is 14.2. The van der Waals surface area contributed by atoms with Crippen molar-refractivity contribution in [3.8, 4) is 0 Å². The molecule has 0 aliphatic heterocycles. The van der Waals surface area contributed by atoms with Gasteiger partial charge in [0.05, 0.1) is 5.92 Å². The zero-order valence-corrected chi connectivity index (χ0v) is 14.2. The van der Waals surface area contributed by atoms with Gasteiger partial charge in [-0.25, -0.2) is 0 Å². The highest BCUT2D eigenvalue weighted by Gasteiger charge is 2.23. The Bertz CT molecular complexity index is 800. The molecule has 0 bridgehead atoms. The van der Waals surface area contributed by atoms with E-state index in [-0.39, 0.29) is 18.2 Å². The van der Waals surface area contributed by atoms with Crippen molar-refractivity contribution in [2.45, 2.75) is 25.7 Å². The summed E-state index contributed by atoms with van der Waals surface area (Å²) in [5, 5.41) is 11.0. The Balaban J connectivity index is 1.63. The highest BCUT2D eigenvalue weighted by Crippen LogP contribution is 2.26. The SMILES string of the molecule is Cc1nnc(C(CC(=O)NCCc2ccccc2)c2ccccc2)o1. The molecule has 0 radical (unpaired) electrons. The van der Waals surface area contributed by atoms with Crippen molar-refractivity contribution in [1.82, 2.24) is 15.5 Å². The highest BCUT2D eigenvalue weighted by atomic mass is 16.4. The molecule has 0 spiro atoms. The van der Waals surface area contributed by atoms with Gasteiger partial charge < -0.3 is 9.73 Å². The minimum atomic E-state index is -0.237. The molecule has 3 rings (SSSR count). The molecule has 5 nitrogen and oxygen atoms in total. The molecule has 0 fully saturated rings. The number of nitrogens with zero attached hydrogens (tertiary/aromatic N) is 2. The van der Waals surface area contributed by atoms with E-state index in [9.17, 15) is 4.79 Å². The van der Waals surface area contributed by atoms with Gasteiger partial charge in [0.2, 0.25) is 17.7 Å². The van der Waals surface area contributed by atoms with Crippen LogP contribution in [0.5, 0.6) is 0 Å². The Kier molecular flexibility index (Phi) is 5.57. The Morgan fingerprint density at radius 2 is 1.72 bits per heavy atom. The lowest BCUT2D eigenvalue weighted by Gasteiger charge is -2.13. The minimum Gasteiger partial charge on any atom is -0.425 e. The molecule has 0 saturated carbocycles. The largest absolute Gasteiger partial charge is 0.425 e. The van der Waals surface area contributed by atoms with Crippen molar-refractivity contribution in [2.75, 3.05) is 6.54 Å². The van der Waals surface area contributed by atoms with Gasteiger partial charge in [0, 0.05) is 19.9 Å². The third-order valence-electron chi connectivity index (χ3n) is 4.01. The first kappa shape index (κ1) is 16.9. The number of carbonyl (C=O) groups is 1. The van der Waals surface area contributed by atoms with Gasteiger partial charge in [-0.15, -0.1) is 10.2 Å². The van der Waals surface area contributed by atoms with E-state index in [0.29, 0.717) is 18.3 Å². The van der Waals surface area contributed by atoms with Crippen molar-refractivity contribution < 1.29 is 9.21 Å². The number of hydrogen-bond acceptors (Lipinski definition) is 4. The smallest absolute Gasteiger partial charge is 0.224 e.